The molecule has 0 aliphatic heterocycles. The van der Waals surface area contributed by atoms with Gasteiger partial charge in [-0.3, -0.25) is 0 Å². The molecule has 18 heavy (non-hydrogen) atoms. The molecular formula is C10H10BrFN4O2. The molecule has 0 aliphatic carbocycles. The fourth-order valence-electron chi connectivity index (χ4n) is 1.35. The molecular weight excluding hydrogens is 307 g/mol. The van der Waals surface area contributed by atoms with E-state index in [9.17, 15) is 9.50 Å². The zero-order chi connectivity index (χ0) is 13.0. The monoisotopic (exact) mass is 316 g/mol. The summed E-state index contributed by atoms with van der Waals surface area (Å²) >= 11 is 3.22. The summed E-state index contributed by atoms with van der Waals surface area (Å²) in [6, 6.07) is 4.35. The molecule has 1 atom stereocenters. The minimum absolute atomic E-state index is 0.0662. The Bertz CT molecular complexity index is 509. The van der Waals surface area contributed by atoms with Gasteiger partial charge in [-0.25, -0.2) is 9.07 Å². The molecule has 0 amide bonds. The number of aromatic nitrogens is 4. The van der Waals surface area contributed by atoms with Crippen molar-refractivity contribution in [1.82, 2.24) is 20.2 Å². The first-order valence-corrected chi connectivity index (χ1v) is 5.91. The van der Waals surface area contributed by atoms with Crippen LogP contribution in [0.15, 0.2) is 29.0 Å². The van der Waals surface area contributed by atoms with Crippen LogP contribution in [0.5, 0.6) is 5.75 Å². The van der Waals surface area contributed by atoms with E-state index in [4.69, 9.17) is 4.74 Å². The van der Waals surface area contributed by atoms with Crippen LogP contribution in [-0.2, 0) is 6.54 Å². The minimum atomic E-state index is -0.628. The maximum absolute atomic E-state index is 13.5. The van der Waals surface area contributed by atoms with E-state index < -0.39 is 11.9 Å². The van der Waals surface area contributed by atoms with Crippen LogP contribution in [0, 0.1) is 5.82 Å². The van der Waals surface area contributed by atoms with Crippen LogP contribution in [0.25, 0.3) is 0 Å². The summed E-state index contributed by atoms with van der Waals surface area (Å²) in [5.74, 6) is -0.426. The number of aliphatic hydroxyl groups excluding tert-OH is 1. The molecule has 8 heteroatoms. The Labute approximate surface area is 111 Å². The smallest absolute Gasteiger partial charge is 0.165 e. The average molecular weight is 317 g/mol. The highest BCUT2D eigenvalue weighted by atomic mass is 79.9. The molecule has 1 aromatic carbocycles. The van der Waals surface area contributed by atoms with Gasteiger partial charge in [-0.05, 0) is 28.6 Å². The molecule has 0 saturated heterocycles. The van der Waals surface area contributed by atoms with Crippen molar-refractivity contribution in [2.24, 2.45) is 0 Å². The average Bonchev–Trinajstić information content (AvgIpc) is 2.85. The van der Waals surface area contributed by atoms with E-state index in [1.165, 1.54) is 23.1 Å². The van der Waals surface area contributed by atoms with Gasteiger partial charge in [0, 0.05) is 4.47 Å². The number of rotatable bonds is 5. The van der Waals surface area contributed by atoms with Crippen molar-refractivity contribution in [3.63, 3.8) is 0 Å². The Hall–Kier alpha value is -1.54. The van der Waals surface area contributed by atoms with Crippen molar-refractivity contribution in [3.8, 4) is 5.75 Å². The van der Waals surface area contributed by atoms with Gasteiger partial charge in [-0.2, -0.15) is 0 Å². The summed E-state index contributed by atoms with van der Waals surface area (Å²) in [6.07, 6.45) is 0.765. The van der Waals surface area contributed by atoms with E-state index in [0.29, 0.717) is 4.47 Å². The first kappa shape index (κ1) is 12.9. The molecule has 1 aromatic heterocycles. The zero-order valence-corrected chi connectivity index (χ0v) is 10.8. The van der Waals surface area contributed by atoms with E-state index in [0.717, 1.165) is 0 Å². The first-order valence-electron chi connectivity index (χ1n) is 5.12. The van der Waals surface area contributed by atoms with Gasteiger partial charge in [0.2, 0.25) is 0 Å². The maximum Gasteiger partial charge on any atom is 0.165 e. The van der Waals surface area contributed by atoms with Crippen molar-refractivity contribution in [2.75, 3.05) is 6.61 Å². The van der Waals surface area contributed by atoms with Gasteiger partial charge in [-0.1, -0.05) is 15.9 Å². The van der Waals surface area contributed by atoms with Gasteiger partial charge >= 0.3 is 0 Å². The van der Waals surface area contributed by atoms with Gasteiger partial charge in [0.25, 0.3) is 0 Å². The predicted octanol–water partition coefficient (Wildman–Crippen LogP) is 1.01. The Morgan fingerprint density at radius 3 is 3.00 bits per heavy atom. The third-order valence-electron chi connectivity index (χ3n) is 2.17. The van der Waals surface area contributed by atoms with Crippen LogP contribution in [-0.4, -0.2) is 38.0 Å². The summed E-state index contributed by atoms with van der Waals surface area (Å²) < 4.78 is 20.9. The van der Waals surface area contributed by atoms with Crippen molar-refractivity contribution >= 4 is 15.9 Å². The lowest BCUT2D eigenvalue weighted by Gasteiger charge is -2.16. The summed E-state index contributed by atoms with van der Waals surface area (Å²) in [6.45, 7) is -0.0404. The zero-order valence-electron chi connectivity index (χ0n) is 9.20. The predicted molar refractivity (Wildman–Crippen MR) is 63.4 cm³/mol. The molecule has 0 unspecified atom stereocenters. The fraction of sp³-hybridized carbons (Fsp3) is 0.300. The molecule has 0 fully saturated rings. The van der Waals surface area contributed by atoms with Crippen molar-refractivity contribution in [1.29, 1.82) is 0 Å². The van der Waals surface area contributed by atoms with Crippen LogP contribution >= 0.6 is 15.9 Å². The molecule has 96 valence electrons. The summed E-state index contributed by atoms with van der Waals surface area (Å²) in [5.41, 5.74) is 0. The maximum atomic E-state index is 13.5. The lowest BCUT2D eigenvalue weighted by atomic mass is 10.3. The molecule has 0 bridgehead atoms. The highest BCUT2D eigenvalue weighted by Crippen LogP contribution is 2.23. The Morgan fingerprint density at radius 2 is 2.33 bits per heavy atom. The van der Waals surface area contributed by atoms with E-state index in [-0.39, 0.29) is 18.9 Å². The summed E-state index contributed by atoms with van der Waals surface area (Å²) in [7, 11) is 0. The number of aliphatic hydroxyl groups is 1. The lowest BCUT2D eigenvalue weighted by Crippen LogP contribution is -2.27. The Morgan fingerprint density at radius 1 is 1.50 bits per heavy atom. The van der Waals surface area contributed by atoms with Gasteiger partial charge in [0.1, 0.15) is 12.4 Å². The number of hydrogen-bond donors (Lipinski definition) is 1. The normalized spacial score (nSPS) is 12.4. The molecule has 0 aliphatic rings. The lowest BCUT2D eigenvalue weighted by molar-refractivity contribution is 0.0939. The second-order valence-corrected chi connectivity index (χ2v) is 4.44. The Kier molecular flexibility index (Phi) is 4.21. The number of halogens is 2. The van der Waals surface area contributed by atoms with Crippen LogP contribution in [0.4, 0.5) is 4.39 Å². The summed E-state index contributed by atoms with van der Waals surface area (Å²) in [4.78, 5) is 0. The fourth-order valence-corrected chi connectivity index (χ4v) is 1.69. The van der Waals surface area contributed by atoms with E-state index in [1.54, 1.807) is 6.07 Å². The number of benzene rings is 1. The molecule has 6 nitrogen and oxygen atoms in total. The van der Waals surface area contributed by atoms with E-state index >= 15 is 0 Å². The minimum Gasteiger partial charge on any atom is -0.483 e. The standard InChI is InChI=1S/C10H10BrFN4O2/c11-7-1-2-9(12)10(3-7)18-8(5-17)4-16-6-13-14-15-16/h1-3,6,8,17H,4-5H2/t8-/m1/s1. The van der Waals surface area contributed by atoms with E-state index in [2.05, 4.69) is 31.5 Å². The van der Waals surface area contributed by atoms with Gasteiger partial charge in [-0.15, -0.1) is 5.10 Å². The quantitative estimate of drug-likeness (QED) is 0.891. The summed E-state index contributed by atoms with van der Waals surface area (Å²) in [5, 5.41) is 19.8. The van der Waals surface area contributed by atoms with Crippen LogP contribution in [0.3, 0.4) is 0 Å². The SMILES string of the molecule is OC[C@@H](Cn1cnnn1)Oc1cc(Br)ccc1F. The molecule has 1 heterocycles. The van der Waals surface area contributed by atoms with Gasteiger partial charge in [0.15, 0.2) is 11.6 Å². The number of ether oxygens (including phenoxy) is 1. The largest absolute Gasteiger partial charge is 0.483 e. The highest BCUT2D eigenvalue weighted by Gasteiger charge is 2.14. The molecule has 0 radical (unpaired) electrons. The van der Waals surface area contributed by atoms with Crippen molar-refractivity contribution < 1.29 is 14.2 Å². The third kappa shape index (κ3) is 3.23. The number of hydrogen-bond acceptors (Lipinski definition) is 5. The van der Waals surface area contributed by atoms with Crippen molar-refractivity contribution in [3.05, 3.63) is 34.8 Å². The van der Waals surface area contributed by atoms with E-state index in [1.807, 2.05) is 0 Å². The molecule has 2 aromatic rings. The third-order valence-corrected chi connectivity index (χ3v) is 2.67. The van der Waals surface area contributed by atoms with Gasteiger partial charge in [0.05, 0.1) is 13.2 Å². The molecule has 2 rings (SSSR count). The van der Waals surface area contributed by atoms with Crippen LogP contribution in [0.2, 0.25) is 0 Å². The molecule has 0 spiro atoms. The van der Waals surface area contributed by atoms with Gasteiger partial charge < -0.3 is 9.84 Å². The second kappa shape index (κ2) is 5.87. The molecule has 1 N–H and O–H groups in total. The van der Waals surface area contributed by atoms with Crippen LogP contribution in [0.1, 0.15) is 0 Å². The molecule has 0 saturated carbocycles. The first-order chi connectivity index (χ1) is 8.69. The number of tetrazole rings is 1. The number of nitrogens with zero attached hydrogens (tertiary/aromatic N) is 4. The topological polar surface area (TPSA) is 73.1 Å². The Balaban J connectivity index is 2.07. The van der Waals surface area contributed by atoms with Crippen molar-refractivity contribution in [2.45, 2.75) is 12.6 Å². The van der Waals surface area contributed by atoms with Crippen LogP contribution < -0.4 is 4.74 Å². The second-order valence-electron chi connectivity index (χ2n) is 3.53. The highest BCUT2D eigenvalue weighted by molar-refractivity contribution is 9.10.